The van der Waals surface area contributed by atoms with Gasteiger partial charge in [0, 0.05) is 30.7 Å². The number of rotatable bonds is 4. The number of β-amino-alcohol motifs (C(OH)–C–C–N with tert-alkyl or cyclic N) is 1. The van der Waals surface area contributed by atoms with Crippen molar-refractivity contribution in [3.8, 4) is 0 Å². The zero-order valence-electron chi connectivity index (χ0n) is 15.0. The molecule has 2 atom stereocenters. The molecule has 0 aliphatic carbocycles. The molecule has 28 heavy (non-hydrogen) atoms. The molecule has 1 aliphatic heterocycles. The van der Waals surface area contributed by atoms with Crippen molar-refractivity contribution >= 4 is 22.4 Å². The molecular weight excluding hydrogens is 376 g/mol. The van der Waals surface area contributed by atoms with E-state index in [0.29, 0.717) is 19.5 Å². The minimum absolute atomic E-state index is 0.164. The molecule has 7 nitrogen and oxygen atoms in total. The van der Waals surface area contributed by atoms with E-state index >= 15 is 0 Å². The van der Waals surface area contributed by atoms with Crippen molar-refractivity contribution in [2.45, 2.75) is 18.1 Å². The third-order valence-electron chi connectivity index (χ3n) is 5.07. The van der Waals surface area contributed by atoms with Gasteiger partial charge in [-0.1, -0.05) is 36.4 Å². The van der Waals surface area contributed by atoms with Crippen LogP contribution in [0, 0.1) is 0 Å². The van der Waals surface area contributed by atoms with Crippen LogP contribution in [0.3, 0.4) is 0 Å². The first kappa shape index (κ1) is 18.4. The predicted molar refractivity (Wildman–Crippen MR) is 108 cm³/mol. The summed E-state index contributed by atoms with van der Waals surface area (Å²) in [5.74, 6) is -0.427. The lowest BCUT2D eigenvalue weighted by Gasteiger charge is -2.46. The van der Waals surface area contributed by atoms with Crippen LogP contribution in [-0.4, -0.2) is 40.2 Å². The first-order valence-corrected chi connectivity index (χ1v) is 9.86. The summed E-state index contributed by atoms with van der Waals surface area (Å²) in [6, 6.07) is 13.9. The number of pyridine rings is 1. The minimum atomic E-state index is -0.959. The van der Waals surface area contributed by atoms with Crippen LogP contribution in [0.15, 0.2) is 64.9 Å². The van der Waals surface area contributed by atoms with E-state index in [1.54, 1.807) is 12.3 Å². The minimum Gasteiger partial charge on any atom is -0.388 e. The summed E-state index contributed by atoms with van der Waals surface area (Å²) in [5.41, 5.74) is -0.315. The van der Waals surface area contributed by atoms with Gasteiger partial charge < -0.3 is 20.3 Å². The summed E-state index contributed by atoms with van der Waals surface area (Å²) in [7, 11) is 0. The maximum Gasteiger partial charge on any atom is 0.268 e. The molecular formula is C20H20N4O3S. The molecule has 3 heterocycles. The van der Waals surface area contributed by atoms with Gasteiger partial charge >= 0.3 is 0 Å². The number of aliphatic hydroxyl groups excluding tert-OH is 1. The third-order valence-corrected chi connectivity index (χ3v) is 5.90. The number of hydrogen-bond acceptors (Lipinski definition) is 6. The molecule has 2 aromatic heterocycles. The summed E-state index contributed by atoms with van der Waals surface area (Å²) >= 11 is 1.52. The lowest BCUT2D eigenvalue weighted by Crippen LogP contribution is -2.62. The molecule has 8 heteroatoms. The Bertz CT molecular complexity index is 1010. The highest BCUT2D eigenvalue weighted by Crippen LogP contribution is 2.35. The molecule has 0 unspecified atom stereocenters. The maximum atomic E-state index is 12.9. The number of amides is 1. The van der Waals surface area contributed by atoms with Crippen LogP contribution >= 0.6 is 11.3 Å². The molecule has 1 saturated heterocycles. The number of aliphatic hydroxyl groups is 1. The molecule has 1 fully saturated rings. The Morgan fingerprint density at radius 1 is 1.25 bits per heavy atom. The van der Waals surface area contributed by atoms with E-state index in [1.807, 2.05) is 40.6 Å². The fourth-order valence-corrected chi connectivity index (χ4v) is 4.30. The van der Waals surface area contributed by atoms with Crippen molar-refractivity contribution in [1.82, 2.24) is 15.3 Å². The van der Waals surface area contributed by atoms with Gasteiger partial charge in [-0.25, -0.2) is 4.98 Å². The third kappa shape index (κ3) is 3.44. The van der Waals surface area contributed by atoms with Gasteiger partial charge in [0.1, 0.15) is 5.69 Å². The number of hydrogen-bond donors (Lipinski definition) is 3. The van der Waals surface area contributed by atoms with Crippen molar-refractivity contribution in [3.05, 3.63) is 81.7 Å². The van der Waals surface area contributed by atoms with E-state index in [0.717, 1.165) is 10.7 Å². The maximum absolute atomic E-state index is 12.9. The number of benzene rings is 1. The number of aromatic amines is 1. The highest BCUT2D eigenvalue weighted by atomic mass is 32.1. The Labute approximate surface area is 165 Å². The summed E-state index contributed by atoms with van der Waals surface area (Å²) in [5, 5.41) is 16.9. The van der Waals surface area contributed by atoms with E-state index in [9.17, 15) is 14.7 Å². The van der Waals surface area contributed by atoms with Crippen LogP contribution in [0.5, 0.6) is 0 Å². The van der Waals surface area contributed by atoms with Gasteiger partial charge in [-0.2, -0.15) is 0 Å². The Hall–Kier alpha value is -2.97. The fourth-order valence-electron chi connectivity index (χ4n) is 3.62. The second kappa shape index (κ2) is 7.57. The van der Waals surface area contributed by atoms with Gasteiger partial charge in [-0.3, -0.25) is 9.59 Å². The van der Waals surface area contributed by atoms with E-state index in [-0.39, 0.29) is 11.3 Å². The largest absolute Gasteiger partial charge is 0.388 e. The highest BCUT2D eigenvalue weighted by molar-refractivity contribution is 7.13. The van der Waals surface area contributed by atoms with Crippen LogP contribution < -0.4 is 15.8 Å². The van der Waals surface area contributed by atoms with E-state index in [2.05, 4.69) is 15.3 Å². The quantitative estimate of drug-likeness (QED) is 0.624. The molecule has 1 amide bonds. The number of anilines is 1. The monoisotopic (exact) mass is 396 g/mol. The number of nitrogens with zero attached hydrogens (tertiary/aromatic N) is 2. The molecule has 0 saturated carbocycles. The average Bonchev–Trinajstić information content (AvgIpc) is 3.25. The predicted octanol–water partition coefficient (Wildman–Crippen LogP) is 1.73. The Balaban J connectivity index is 1.66. The van der Waals surface area contributed by atoms with Gasteiger partial charge in [-0.15, -0.1) is 11.3 Å². The van der Waals surface area contributed by atoms with Gasteiger partial charge in [0.05, 0.1) is 11.6 Å². The summed E-state index contributed by atoms with van der Waals surface area (Å²) < 4.78 is 0. The molecule has 0 spiro atoms. The zero-order chi connectivity index (χ0) is 19.6. The summed E-state index contributed by atoms with van der Waals surface area (Å²) in [6.45, 7) is 0.971. The molecule has 144 valence electrons. The highest BCUT2D eigenvalue weighted by Gasteiger charge is 2.45. The van der Waals surface area contributed by atoms with Crippen molar-refractivity contribution in [1.29, 1.82) is 0 Å². The second-order valence-corrected chi connectivity index (χ2v) is 7.62. The fraction of sp³-hybridized carbons (Fsp3) is 0.250. The standard InChI is InChI=1S/C20H20N4O3S/c25-16-13-24(19-21-10-12-28-19)11-9-20(16,14-5-2-1-3-6-14)23-18(27)15-7-4-8-17(26)22-15/h1-8,10,12,16,25H,9,11,13H2,(H,22,26)(H,23,27)/t16-,20-/m1/s1. The topological polar surface area (TPSA) is 98.3 Å². The number of H-pyrrole nitrogens is 1. The van der Waals surface area contributed by atoms with E-state index in [1.165, 1.54) is 23.5 Å². The van der Waals surface area contributed by atoms with Crippen LogP contribution in [0.25, 0.3) is 0 Å². The molecule has 1 aliphatic rings. The second-order valence-electron chi connectivity index (χ2n) is 6.75. The molecule has 0 bridgehead atoms. The number of carbonyl (C=O) groups is 1. The molecule has 3 N–H and O–H groups in total. The van der Waals surface area contributed by atoms with Crippen LogP contribution in [-0.2, 0) is 5.54 Å². The van der Waals surface area contributed by atoms with Crippen LogP contribution in [0.1, 0.15) is 22.5 Å². The van der Waals surface area contributed by atoms with Gasteiger partial charge in [0.25, 0.3) is 5.91 Å². The Kier molecular flexibility index (Phi) is 4.97. The molecule has 1 aromatic carbocycles. The smallest absolute Gasteiger partial charge is 0.268 e. The summed E-state index contributed by atoms with van der Waals surface area (Å²) in [6.07, 6.45) is 1.38. The van der Waals surface area contributed by atoms with E-state index < -0.39 is 17.6 Å². The molecule has 0 radical (unpaired) electrons. The number of thiazole rings is 1. The number of nitrogens with one attached hydrogen (secondary N) is 2. The average molecular weight is 396 g/mol. The van der Waals surface area contributed by atoms with Crippen molar-refractivity contribution < 1.29 is 9.90 Å². The van der Waals surface area contributed by atoms with Gasteiger partial charge in [-0.05, 0) is 18.1 Å². The lowest BCUT2D eigenvalue weighted by atomic mass is 9.78. The van der Waals surface area contributed by atoms with Gasteiger partial charge in [0.15, 0.2) is 5.13 Å². The van der Waals surface area contributed by atoms with Crippen LogP contribution in [0.4, 0.5) is 5.13 Å². The van der Waals surface area contributed by atoms with Crippen molar-refractivity contribution in [3.63, 3.8) is 0 Å². The normalized spacial score (nSPS) is 22.0. The van der Waals surface area contributed by atoms with Crippen LogP contribution in [0.2, 0.25) is 0 Å². The first-order chi connectivity index (χ1) is 13.6. The Morgan fingerprint density at radius 2 is 2.07 bits per heavy atom. The SMILES string of the molecule is O=C(N[C@@]1(c2ccccc2)CCN(c2nccs2)C[C@H]1O)c1cccc(=O)[nH]1. The lowest BCUT2D eigenvalue weighted by molar-refractivity contribution is 0.0364. The zero-order valence-corrected chi connectivity index (χ0v) is 15.9. The molecule has 4 rings (SSSR count). The number of piperidine rings is 1. The van der Waals surface area contributed by atoms with E-state index in [4.69, 9.17) is 0 Å². The van der Waals surface area contributed by atoms with Crippen molar-refractivity contribution in [2.75, 3.05) is 18.0 Å². The number of carbonyl (C=O) groups excluding carboxylic acids is 1. The number of aromatic nitrogens is 2. The Morgan fingerprint density at radius 3 is 2.75 bits per heavy atom. The summed E-state index contributed by atoms with van der Waals surface area (Å²) in [4.78, 5) is 33.3. The first-order valence-electron chi connectivity index (χ1n) is 8.98. The van der Waals surface area contributed by atoms with Gasteiger partial charge in [0.2, 0.25) is 5.56 Å². The van der Waals surface area contributed by atoms with Crippen molar-refractivity contribution in [2.24, 2.45) is 0 Å². The molecule has 3 aromatic rings.